The van der Waals surface area contributed by atoms with Crippen molar-refractivity contribution >= 4 is 10.4 Å². The molecule has 1 unspecified atom stereocenters. The maximum atomic E-state index is 8.66. The number of hydrogen-bond donors (Lipinski definition) is 1. The molecular formula is C17H36O5S-2. The van der Waals surface area contributed by atoms with E-state index in [1.54, 1.807) is 0 Å². The molecule has 0 bridgehead atoms. The molecule has 0 radical (unpaired) electrons. The predicted octanol–water partition coefficient (Wildman–Crippen LogP) is 4.37. The highest BCUT2D eigenvalue weighted by molar-refractivity contribution is 7.79. The van der Waals surface area contributed by atoms with Gasteiger partial charge in [0.2, 0.25) is 0 Å². The molecule has 23 heavy (non-hydrogen) atoms. The zero-order valence-electron chi connectivity index (χ0n) is 15.0. The minimum absolute atomic E-state index is 0.372. The Labute approximate surface area is 143 Å². The lowest BCUT2D eigenvalue weighted by Crippen LogP contribution is -1.91. The maximum Gasteiger partial charge on any atom is 0.0431 e. The molecule has 0 fully saturated rings. The molecule has 1 N–H and O–H groups in total. The van der Waals surface area contributed by atoms with E-state index in [0.29, 0.717) is 6.61 Å². The molecule has 0 saturated carbocycles. The highest BCUT2D eigenvalue weighted by Crippen LogP contribution is 2.15. The molecule has 0 aliphatic carbocycles. The molecule has 0 spiro atoms. The zero-order chi connectivity index (χ0) is 18.0. The summed E-state index contributed by atoms with van der Waals surface area (Å²) in [7, 11) is -5.17. The van der Waals surface area contributed by atoms with Crippen molar-refractivity contribution in [3.05, 3.63) is 0 Å². The lowest BCUT2D eigenvalue weighted by molar-refractivity contribution is 0.282. The van der Waals surface area contributed by atoms with Gasteiger partial charge in [0.15, 0.2) is 0 Å². The van der Waals surface area contributed by atoms with Crippen LogP contribution in [0.4, 0.5) is 0 Å². The standard InChI is InChI=1S/C17H36O.H2O4S/c1-3-17(2)15-13-11-9-7-5-4-6-8-10-12-14-16-18;1-5(2,3)4/h17-18H,3-16H2,1-2H3;(H2,1,2,3,4)/p-2. The summed E-state index contributed by atoms with van der Waals surface area (Å²) in [5, 5.41) is 8.66. The average molecular weight is 353 g/mol. The van der Waals surface area contributed by atoms with Crippen LogP contribution >= 0.6 is 0 Å². The highest BCUT2D eigenvalue weighted by Gasteiger charge is 1.98. The first-order valence-corrected chi connectivity index (χ1v) is 10.4. The largest absolute Gasteiger partial charge is 0.759 e. The van der Waals surface area contributed by atoms with Gasteiger partial charge in [-0.2, -0.15) is 0 Å². The monoisotopic (exact) mass is 352 g/mol. The van der Waals surface area contributed by atoms with Gasteiger partial charge in [0.1, 0.15) is 0 Å². The molecule has 0 amide bonds. The molecule has 0 aliphatic rings. The molecule has 0 aromatic carbocycles. The molecule has 0 rings (SSSR count). The summed E-state index contributed by atoms with van der Waals surface area (Å²) in [6, 6.07) is 0. The minimum atomic E-state index is -5.17. The van der Waals surface area contributed by atoms with E-state index in [1.807, 2.05) is 0 Å². The first kappa shape index (κ1) is 25.1. The average Bonchev–Trinajstić information content (AvgIpc) is 2.46. The van der Waals surface area contributed by atoms with Crippen LogP contribution in [0.3, 0.4) is 0 Å². The summed E-state index contributed by atoms with van der Waals surface area (Å²) in [6.45, 7) is 5.04. The van der Waals surface area contributed by atoms with Gasteiger partial charge in [-0.25, -0.2) is 0 Å². The summed E-state index contributed by atoms with van der Waals surface area (Å²) >= 11 is 0. The van der Waals surface area contributed by atoms with Gasteiger partial charge in [-0.3, -0.25) is 8.42 Å². The Hall–Kier alpha value is -0.170. The summed E-state index contributed by atoms with van der Waals surface area (Å²) in [5.41, 5.74) is 0. The van der Waals surface area contributed by atoms with Crippen LogP contribution in [0.2, 0.25) is 0 Å². The van der Waals surface area contributed by atoms with Gasteiger partial charge in [0, 0.05) is 17.0 Å². The summed E-state index contributed by atoms with van der Waals surface area (Å²) in [5.74, 6) is 0.934. The van der Waals surface area contributed by atoms with Crippen molar-refractivity contribution in [3.63, 3.8) is 0 Å². The number of aliphatic hydroxyl groups is 1. The summed E-state index contributed by atoms with van der Waals surface area (Å²) in [4.78, 5) is 0. The van der Waals surface area contributed by atoms with Crippen molar-refractivity contribution < 1.29 is 22.6 Å². The molecule has 0 aromatic rings. The van der Waals surface area contributed by atoms with Gasteiger partial charge in [-0.15, -0.1) is 0 Å². The van der Waals surface area contributed by atoms with Crippen LogP contribution in [-0.2, 0) is 10.4 Å². The van der Waals surface area contributed by atoms with Crippen LogP contribution in [0.5, 0.6) is 0 Å². The Morgan fingerprint density at radius 1 is 0.783 bits per heavy atom. The lowest BCUT2D eigenvalue weighted by atomic mass is 9.99. The van der Waals surface area contributed by atoms with Crippen molar-refractivity contribution in [3.8, 4) is 0 Å². The van der Waals surface area contributed by atoms with Crippen molar-refractivity contribution in [1.82, 2.24) is 0 Å². The number of aliphatic hydroxyl groups excluding tert-OH is 1. The quantitative estimate of drug-likeness (QED) is 0.284. The van der Waals surface area contributed by atoms with E-state index in [-0.39, 0.29) is 0 Å². The van der Waals surface area contributed by atoms with E-state index in [9.17, 15) is 0 Å². The van der Waals surface area contributed by atoms with E-state index >= 15 is 0 Å². The number of rotatable bonds is 14. The minimum Gasteiger partial charge on any atom is -0.759 e. The smallest absolute Gasteiger partial charge is 0.0431 e. The van der Waals surface area contributed by atoms with E-state index in [1.165, 1.54) is 77.0 Å². The molecule has 5 nitrogen and oxygen atoms in total. The Morgan fingerprint density at radius 3 is 1.39 bits per heavy atom. The molecule has 1 atom stereocenters. The zero-order valence-corrected chi connectivity index (χ0v) is 15.8. The summed E-state index contributed by atoms with van der Waals surface area (Å²) in [6.07, 6.45) is 17.7. The van der Waals surface area contributed by atoms with Crippen molar-refractivity contribution in [2.24, 2.45) is 5.92 Å². The fourth-order valence-electron chi connectivity index (χ4n) is 2.40. The first-order chi connectivity index (χ1) is 10.8. The fraction of sp³-hybridized carbons (Fsp3) is 1.00. The van der Waals surface area contributed by atoms with Crippen LogP contribution in [0.25, 0.3) is 0 Å². The molecule has 0 heterocycles. The SMILES string of the molecule is CCC(C)CCCCCCCCCCCCCO.O=S(=O)([O-])[O-]. The normalized spacial score (nSPS) is 12.6. The van der Waals surface area contributed by atoms with Gasteiger partial charge < -0.3 is 14.2 Å². The van der Waals surface area contributed by atoms with Crippen LogP contribution in [0.15, 0.2) is 0 Å². The third kappa shape index (κ3) is 34.3. The van der Waals surface area contributed by atoms with Gasteiger partial charge in [0.05, 0.1) is 0 Å². The van der Waals surface area contributed by atoms with Crippen LogP contribution in [0, 0.1) is 5.92 Å². The molecular weight excluding hydrogens is 316 g/mol. The molecule has 0 aromatic heterocycles. The second kappa shape index (κ2) is 18.2. The van der Waals surface area contributed by atoms with E-state index in [2.05, 4.69) is 13.8 Å². The Bertz CT molecular complexity index is 309. The van der Waals surface area contributed by atoms with Gasteiger partial charge in [-0.05, 0) is 12.3 Å². The fourth-order valence-corrected chi connectivity index (χ4v) is 2.40. The third-order valence-electron chi connectivity index (χ3n) is 4.05. The van der Waals surface area contributed by atoms with E-state index < -0.39 is 10.4 Å². The Balaban J connectivity index is 0. The van der Waals surface area contributed by atoms with Crippen molar-refractivity contribution in [1.29, 1.82) is 0 Å². The lowest BCUT2D eigenvalue weighted by Gasteiger charge is -2.07. The van der Waals surface area contributed by atoms with Gasteiger partial charge in [0.25, 0.3) is 0 Å². The second-order valence-electron chi connectivity index (χ2n) is 6.32. The Morgan fingerprint density at radius 2 is 1.09 bits per heavy atom. The number of unbranched alkanes of at least 4 members (excludes halogenated alkanes) is 10. The van der Waals surface area contributed by atoms with E-state index in [4.69, 9.17) is 22.6 Å². The van der Waals surface area contributed by atoms with Gasteiger partial charge in [-0.1, -0.05) is 90.9 Å². The Kier molecular flexibility index (Phi) is 19.8. The van der Waals surface area contributed by atoms with Crippen LogP contribution in [-0.4, -0.2) is 29.2 Å². The number of hydrogen-bond acceptors (Lipinski definition) is 5. The molecule has 142 valence electrons. The predicted molar refractivity (Wildman–Crippen MR) is 92.4 cm³/mol. The summed E-state index contributed by atoms with van der Waals surface area (Å²) < 4.78 is 34.1. The van der Waals surface area contributed by atoms with Crippen LogP contribution in [0.1, 0.15) is 97.3 Å². The van der Waals surface area contributed by atoms with Crippen molar-refractivity contribution in [2.45, 2.75) is 97.3 Å². The van der Waals surface area contributed by atoms with Crippen LogP contribution < -0.4 is 0 Å². The molecule has 0 aliphatic heterocycles. The molecule has 0 saturated heterocycles. The second-order valence-corrected chi connectivity index (χ2v) is 7.14. The molecule has 6 heteroatoms. The van der Waals surface area contributed by atoms with Gasteiger partial charge >= 0.3 is 0 Å². The highest BCUT2D eigenvalue weighted by atomic mass is 32.3. The topological polar surface area (TPSA) is 100 Å². The van der Waals surface area contributed by atoms with E-state index in [0.717, 1.165) is 12.3 Å². The van der Waals surface area contributed by atoms with Crippen molar-refractivity contribution in [2.75, 3.05) is 6.61 Å². The first-order valence-electron chi connectivity index (χ1n) is 9.08. The third-order valence-corrected chi connectivity index (χ3v) is 4.05. The maximum absolute atomic E-state index is 8.66.